The largest absolute Gasteiger partial charge is 0.497 e. The number of methoxy groups -OCH3 is 1. The van der Waals surface area contributed by atoms with Crippen molar-refractivity contribution in [3.8, 4) is 5.75 Å². The summed E-state index contributed by atoms with van der Waals surface area (Å²) in [6.07, 6.45) is 2.11. The van der Waals surface area contributed by atoms with Crippen molar-refractivity contribution in [3.05, 3.63) is 64.7 Å². The summed E-state index contributed by atoms with van der Waals surface area (Å²) in [5, 5.41) is 13.6. The molecule has 25 heavy (non-hydrogen) atoms. The fraction of sp³-hybridized carbons (Fsp3) is 0.316. The summed E-state index contributed by atoms with van der Waals surface area (Å²) < 4.78 is 31.4. The maximum Gasteiger partial charge on any atom is 0.251 e. The molecule has 2 N–H and O–H groups in total. The number of ether oxygens (including phenoxy) is 1. The molecule has 0 saturated heterocycles. The van der Waals surface area contributed by atoms with E-state index >= 15 is 0 Å². The molecular weight excluding hydrogens is 328 g/mol. The highest BCUT2D eigenvalue weighted by Crippen LogP contribution is 2.36. The molecule has 0 saturated carbocycles. The van der Waals surface area contributed by atoms with Crippen molar-refractivity contribution in [2.24, 2.45) is 0 Å². The minimum atomic E-state index is -1.20. The van der Waals surface area contributed by atoms with Crippen molar-refractivity contribution in [1.82, 2.24) is 5.32 Å². The number of fused-ring (bicyclic) bond motifs is 1. The van der Waals surface area contributed by atoms with Gasteiger partial charge in [-0.05, 0) is 60.7 Å². The predicted molar refractivity (Wildman–Crippen MR) is 88.5 cm³/mol. The molecular formula is C19H19F2NO3. The van der Waals surface area contributed by atoms with Crippen LogP contribution in [0.3, 0.4) is 0 Å². The topological polar surface area (TPSA) is 58.6 Å². The van der Waals surface area contributed by atoms with Crippen LogP contribution in [0.1, 0.15) is 34.3 Å². The molecule has 0 aromatic heterocycles. The number of nitrogens with one attached hydrogen (secondary N) is 1. The van der Waals surface area contributed by atoms with Crippen LogP contribution in [0.5, 0.6) is 5.75 Å². The lowest BCUT2D eigenvalue weighted by Gasteiger charge is -2.35. The molecule has 6 heteroatoms. The van der Waals surface area contributed by atoms with Crippen LogP contribution in [0.4, 0.5) is 8.78 Å². The Kier molecular flexibility index (Phi) is 4.72. The monoisotopic (exact) mass is 347 g/mol. The molecule has 0 aliphatic heterocycles. The molecule has 3 rings (SSSR count). The number of carbonyl (C=O) groups is 1. The molecule has 0 bridgehead atoms. The summed E-state index contributed by atoms with van der Waals surface area (Å²) >= 11 is 0. The van der Waals surface area contributed by atoms with Crippen molar-refractivity contribution in [3.63, 3.8) is 0 Å². The van der Waals surface area contributed by atoms with E-state index in [-0.39, 0.29) is 12.1 Å². The van der Waals surface area contributed by atoms with E-state index in [0.29, 0.717) is 12.2 Å². The first-order valence-electron chi connectivity index (χ1n) is 8.06. The van der Waals surface area contributed by atoms with E-state index in [9.17, 15) is 18.7 Å². The number of hydrogen-bond donors (Lipinski definition) is 2. The highest BCUT2D eigenvalue weighted by molar-refractivity contribution is 5.94. The van der Waals surface area contributed by atoms with E-state index in [2.05, 4.69) is 5.32 Å². The minimum absolute atomic E-state index is 0.00765. The smallest absolute Gasteiger partial charge is 0.251 e. The van der Waals surface area contributed by atoms with Gasteiger partial charge in [-0.1, -0.05) is 6.07 Å². The highest BCUT2D eigenvalue weighted by atomic mass is 19.2. The molecule has 132 valence electrons. The Labute approximate surface area is 144 Å². The van der Waals surface area contributed by atoms with Gasteiger partial charge in [0.1, 0.15) is 11.4 Å². The summed E-state index contributed by atoms with van der Waals surface area (Å²) in [5.41, 5.74) is 0.544. The maximum absolute atomic E-state index is 13.3. The number of rotatable bonds is 4. The normalized spacial score (nSPS) is 19.2. The van der Waals surface area contributed by atoms with E-state index in [4.69, 9.17) is 4.74 Å². The fourth-order valence-corrected chi connectivity index (χ4v) is 3.21. The molecule has 1 atom stereocenters. The van der Waals surface area contributed by atoms with Gasteiger partial charge in [-0.2, -0.15) is 0 Å². The van der Waals surface area contributed by atoms with Gasteiger partial charge in [-0.25, -0.2) is 8.78 Å². The molecule has 1 unspecified atom stereocenters. The maximum atomic E-state index is 13.3. The van der Waals surface area contributed by atoms with Gasteiger partial charge in [-0.15, -0.1) is 0 Å². The quantitative estimate of drug-likeness (QED) is 0.894. The van der Waals surface area contributed by atoms with Crippen LogP contribution in [0.2, 0.25) is 0 Å². The second kappa shape index (κ2) is 6.80. The van der Waals surface area contributed by atoms with E-state index in [1.54, 1.807) is 19.2 Å². The molecule has 0 fully saturated rings. The molecule has 1 aliphatic rings. The van der Waals surface area contributed by atoms with Gasteiger partial charge >= 0.3 is 0 Å². The van der Waals surface area contributed by atoms with E-state index in [1.807, 2.05) is 6.07 Å². The summed E-state index contributed by atoms with van der Waals surface area (Å²) in [5.74, 6) is -1.94. The molecule has 4 nitrogen and oxygen atoms in total. The summed E-state index contributed by atoms with van der Waals surface area (Å²) in [7, 11) is 1.58. The van der Waals surface area contributed by atoms with E-state index in [0.717, 1.165) is 36.1 Å². The van der Waals surface area contributed by atoms with Crippen LogP contribution < -0.4 is 10.1 Å². The van der Waals surface area contributed by atoms with Gasteiger partial charge in [0, 0.05) is 5.56 Å². The lowest BCUT2D eigenvalue weighted by Crippen LogP contribution is -2.43. The predicted octanol–water partition coefficient (Wildman–Crippen LogP) is 2.93. The van der Waals surface area contributed by atoms with Crippen molar-refractivity contribution >= 4 is 5.91 Å². The van der Waals surface area contributed by atoms with Gasteiger partial charge in [-0.3, -0.25) is 4.79 Å². The van der Waals surface area contributed by atoms with Crippen LogP contribution >= 0.6 is 0 Å². The van der Waals surface area contributed by atoms with E-state index in [1.165, 1.54) is 6.07 Å². The van der Waals surface area contributed by atoms with Gasteiger partial charge in [0.15, 0.2) is 11.6 Å². The molecule has 0 spiro atoms. The van der Waals surface area contributed by atoms with Gasteiger partial charge < -0.3 is 15.2 Å². The van der Waals surface area contributed by atoms with Crippen LogP contribution in [0.25, 0.3) is 0 Å². The second-order valence-electron chi connectivity index (χ2n) is 6.22. The first kappa shape index (κ1) is 17.4. The third-order valence-corrected chi connectivity index (χ3v) is 4.57. The van der Waals surface area contributed by atoms with E-state index < -0.39 is 23.1 Å². The number of aryl methyl sites for hydroxylation is 1. The molecule has 0 radical (unpaired) electrons. The van der Waals surface area contributed by atoms with Crippen LogP contribution in [0.15, 0.2) is 36.4 Å². The molecule has 2 aromatic rings. The summed E-state index contributed by atoms with van der Waals surface area (Å²) in [6, 6.07) is 8.41. The Morgan fingerprint density at radius 1 is 1.24 bits per heavy atom. The fourth-order valence-electron chi connectivity index (χ4n) is 3.21. The van der Waals surface area contributed by atoms with Crippen LogP contribution in [0, 0.1) is 11.6 Å². The van der Waals surface area contributed by atoms with Crippen molar-refractivity contribution in [1.29, 1.82) is 0 Å². The number of amides is 1. The Morgan fingerprint density at radius 2 is 2.04 bits per heavy atom. The summed E-state index contributed by atoms with van der Waals surface area (Å²) in [6.45, 7) is -0.00976. The highest BCUT2D eigenvalue weighted by Gasteiger charge is 2.35. The Bertz CT molecular complexity index is 809. The first-order chi connectivity index (χ1) is 11.9. The SMILES string of the molecule is COc1ccc2c(c1)CCCC2(O)CNC(=O)c1ccc(F)c(F)c1. The van der Waals surface area contributed by atoms with Gasteiger partial charge in [0.25, 0.3) is 5.91 Å². The zero-order valence-corrected chi connectivity index (χ0v) is 13.8. The second-order valence-corrected chi connectivity index (χ2v) is 6.22. The van der Waals surface area contributed by atoms with Crippen molar-refractivity contribution in [2.75, 3.05) is 13.7 Å². The first-order valence-corrected chi connectivity index (χ1v) is 8.06. The number of aliphatic hydroxyl groups is 1. The number of benzene rings is 2. The molecule has 0 heterocycles. The number of hydrogen-bond acceptors (Lipinski definition) is 3. The molecule has 2 aromatic carbocycles. The zero-order valence-electron chi connectivity index (χ0n) is 13.8. The standard InChI is InChI=1S/C19H19F2NO3/c1-25-14-5-6-15-12(9-14)3-2-8-19(15,24)11-22-18(23)13-4-7-16(20)17(21)10-13/h4-7,9-10,24H,2-3,8,11H2,1H3,(H,22,23). The van der Waals surface area contributed by atoms with Crippen LogP contribution in [-0.2, 0) is 12.0 Å². The third-order valence-electron chi connectivity index (χ3n) is 4.57. The summed E-state index contributed by atoms with van der Waals surface area (Å²) in [4.78, 5) is 12.2. The lowest BCUT2D eigenvalue weighted by atomic mass is 9.79. The van der Waals surface area contributed by atoms with Crippen LogP contribution in [-0.4, -0.2) is 24.7 Å². The van der Waals surface area contributed by atoms with Crippen molar-refractivity contribution in [2.45, 2.75) is 24.9 Å². The number of carbonyl (C=O) groups excluding carboxylic acids is 1. The Balaban J connectivity index is 1.77. The Morgan fingerprint density at radius 3 is 2.76 bits per heavy atom. The van der Waals surface area contributed by atoms with Gasteiger partial charge in [0.2, 0.25) is 0 Å². The molecule has 1 aliphatic carbocycles. The third kappa shape index (κ3) is 3.49. The average Bonchev–Trinajstić information content (AvgIpc) is 2.62. The zero-order chi connectivity index (χ0) is 18.0. The van der Waals surface area contributed by atoms with Crippen molar-refractivity contribution < 1.29 is 23.4 Å². The van der Waals surface area contributed by atoms with Gasteiger partial charge in [0.05, 0.1) is 13.7 Å². The molecule has 1 amide bonds. The average molecular weight is 347 g/mol. The lowest BCUT2D eigenvalue weighted by molar-refractivity contribution is 0.0189. The minimum Gasteiger partial charge on any atom is -0.497 e. The Hall–Kier alpha value is -2.47. The number of halogens is 2.